The molecule has 0 saturated heterocycles. The number of aliphatic carboxylic acids is 1. The lowest BCUT2D eigenvalue weighted by Gasteiger charge is -2.28. The summed E-state index contributed by atoms with van der Waals surface area (Å²) in [6.45, 7) is 9.97. The van der Waals surface area contributed by atoms with Crippen molar-refractivity contribution < 1.29 is 14.3 Å². The number of nitrogens with zero attached hydrogens (tertiary/aromatic N) is 1. The molecule has 0 bridgehead atoms. The molecule has 0 aliphatic carbocycles. The van der Waals surface area contributed by atoms with E-state index in [1.807, 2.05) is 0 Å². The largest absolute Gasteiger partial charge is 0.478 e. The van der Waals surface area contributed by atoms with Crippen LogP contribution >= 0.6 is 0 Å². The lowest BCUT2D eigenvalue weighted by atomic mass is 10.1. The van der Waals surface area contributed by atoms with Crippen molar-refractivity contribution in [3.63, 3.8) is 0 Å². The molecule has 0 aliphatic rings. The fourth-order valence-corrected chi connectivity index (χ4v) is 2.11. The highest BCUT2D eigenvalue weighted by Crippen LogP contribution is 2.16. The Bertz CT molecular complexity index is 510. The first kappa shape index (κ1) is 17.4. The lowest BCUT2D eigenvalue weighted by Crippen LogP contribution is -2.33. The van der Waals surface area contributed by atoms with E-state index in [1.54, 1.807) is 12.1 Å². The Balaban J connectivity index is 2.86. The number of carboxylic acid groups (broad SMARTS) is 1. The van der Waals surface area contributed by atoms with Gasteiger partial charge in [0.05, 0.1) is 0 Å². The summed E-state index contributed by atoms with van der Waals surface area (Å²) in [4.78, 5) is 12.7. The van der Waals surface area contributed by atoms with Gasteiger partial charge < -0.3 is 5.11 Å². The summed E-state index contributed by atoms with van der Waals surface area (Å²) in [5, 5.41) is 8.58. The number of carboxylic acids is 1. The molecule has 1 aromatic rings. The van der Waals surface area contributed by atoms with Crippen LogP contribution in [-0.4, -0.2) is 28.6 Å². The standard InChI is InChI=1S/C17H24FNO2/c1-12(2)10-19(13(3)4)11-15-7-5-14(9-16(15)18)6-8-17(20)21/h5-9,12-13H,10-11H2,1-4H3,(H,20,21). The second-order valence-electron chi connectivity index (χ2n) is 5.94. The number of benzene rings is 1. The minimum atomic E-state index is -1.04. The molecule has 0 aliphatic heterocycles. The molecule has 0 heterocycles. The molecule has 0 radical (unpaired) electrons. The number of hydrogen-bond donors (Lipinski definition) is 1. The maximum absolute atomic E-state index is 14.1. The Labute approximate surface area is 126 Å². The summed E-state index contributed by atoms with van der Waals surface area (Å²) in [5.41, 5.74) is 1.19. The smallest absolute Gasteiger partial charge is 0.328 e. The van der Waals surface area contributed by atoms with Gasteiger partial charge in [0, 0.05) is 30.8 Å². The molecule has 4 heteroatoms. The number of rotatable bonds is 7. The van der Waals surface area contributed by atoms with Crippen LogP contribution in [0.25, 0.3) is 6.08 Å². The predicted octanol–water partition coefficient (Wildman–Crippen LogP) is 3.79. The third kappa shape index (κ3) is 6.08. The molecule has 0 atom stereocenters. The van der Waals surface area contributed by atoms with Crippen molar-refractivity contribution in [2.75, 3.05) is 6.54 Å². The van der Waals surface area contributed by atoms with Gasteiger partial charge in [0.1, 0.15) is 5.82 Å². The molecule has 1 N–H and O–H groups in total. The zero-order chi connectivity index (χ0) is 16.0. The quantitative estimate of drug-likeness (QED) is 0.778. The van der Waals surface area contributed by atoms with E-state index in [0.29, 0.717) is 29.6 Å². The van der Waals surface area contributed by atoms with Gasteiger partial charge in [-0.1, -0.05) is 26.0 Å². The second kappa shape index (κ2) is 7.93. The number of hydrogen-bond acceptors (Lipinski definition) is 2. The average Bonchev–Trinajstić information content (AvgIpc) is 2.37. The van der Waals surface area contributed by atoms with Crippen LogP contribution in [0.3, 0.4) is 0 Å². The predicted molar refractivity (Wildman–Crippen MR) is 83.5 cm³/mol. The van der Waals surface area contributed by atoms with Crippen molar-refractivity contribution in [1.29, 1.82) is 0 Å². The van der Waals surface area contributed by atoms with Gasteiger partial charge in [-0.15, -0.1) is 0 Å². The van der Waals surface area contributed by atoms with Crippen LogP contribution in [-0.2, 0) is 11.3 Å². The van der Waals surface area contributed by atoms with Gasteiger partial charge in [-0.3, -0.25) is 4.90 Å². The molecule has 0 spiro atoms. The maximum Gasteiger partial charge on any atom is 0.328 e. The molecule has 0 unspecified atom stereocenters. The van der Waals surface area contributed by atoms with E-state index in [0.717, 1.165) is 12.6 Å². The second-order valence-corrected chi connectivity index (χ2v) is 5.94. The van der Waals surface area contributed by atoms with Gasteiger partial charge in [0.15, 0.2) is 0 Å². The lowest BCUT2D eigenvalue weighted by molar-refractivity contribution is -0.131. The summed E-state index contributed by atoms with van der Waals surface area (Å²) in [7, 11) is 0. The minimum Gasteiger partial charge on any atom is -0.478 e. The van der Waals surface area contributed by atoms with Crippen LogP contribution in [0, 0.1) is 11.7 Å². The normalized spacial score (nSPS) is 12.0. The fourth-order valence-electron chi connectivity index (χ4n) is 2.11. The van der Waals surface area contributed by atoms with Gasteiger partial charge in [-0.25, -0.2) is 9.18 Å². The average molecular weight is 293 g/mol. The summed E-state index contributed by atoms with van der Waals surface area (Å²) < 4.78 is 14.1. The van der Waals surface area contributed by atoms with Crippen molar-refractivity contribution in [2.24, 2.45) is 5.92 Å². The van der Waals surface area contributed by atoms with Gasteiger partial charge in [0.2, 0.25) is 0 Å². The van der Waals surface area contributed by atoms with Crippen molar-refractivity contribution in [3.05, 3.63) is 41.2 Å². The number of carbonyl (C=O) groups is 1. The molecule has 0 aromatic heterocycles. The highest BCUT2D eigenvalue weighted by Gasteiger charge is 2.14. The summed E-state index contributed by atoms with van der Waals surface area (Å²) >= 11 is 0. The maximum atomic E-state index is 14.1. The first-order chi connectivity index (χ1) is 9.79. The Morgan fingerprint density at radius 1 is 1.33 bits per heavy atom. The third-order valence-corrected chi connectivity index (χ3v) is 3.20. The van der Waals surface area contributed by atoms with Gasteiger partial charge in [-0.2, -0.15) is 0 Å². The van der Waals surface area contributed by atoms with E-state index in [-0.39, 0.29) is 5.82 Å². The Morgan fingerprint density at radius 3 is 2.48 bits per heavy atom. The highest BCUT2D eigenvalue weighted by molar-refractivity contribution is 5.85. The van der Waals surface area contributed by atoms with Crippen LogP contribution in [0.4, 0.5) is 4.39 Å². The Hall–Kier alpha value is -1.68. The van der Waals surface area contributed by atoms with E-state index < -0.39 is 5.97 Å². The zero-order valence-electron chi connectivity index (χ0n) is 13.1. The third-order valence-electron chi connectivity index (χ3n) is 3.20. The van der Waals surface area contributed by atoms with Crippen molar-refractivity contribution in [3.8, 4) is 0 Å². The monoisotopic (exact) mass is 293 g/mol. The molecule has 1 rings (SSSR count). The van der Waals surface area contributed by atoms with Crippen molar-refractivity contribution in [2.45, 2.75) is 40.3 Å². The fraction of sp³-hybridized carbons (Fsp3) is 0.471. The molecule has 3 nitrogen and oxygen atoms in total. The minimum absolute atomic E-state index is 0.294. The Kier molecular flexibility index (Phi) is 6.56. The highest BCUT2D eigenvalue weighted by atomic mass is 19.1. The van der Waals surface area contributed by atoms with Crippen LogP contribution in [0.1, 0.15) is 38.8 Å². The molecule has 0 amide bonds. The van der Waals surface area contributed by atoms with Crippen LogP contribution in [0.15, 0.2) is 24.3 Å². The van der Waals surface area contributed by atoms with E-state index >= 15 is 0 Å². The molecular weight excluding hydrogens is 269 g/mol. The summed E-state index contributed by atoms with van der Waals surface area (Å²) in [5.74, 6) is -0.812. The Morgan fingerprint density at radius 2 is 2.00 bits per heavy atom. The van der Waals surface area contributed by atoms with Crippen LogP contribution in [0.2, 0.25) is 0 Å². The van der Waals surface area contributed by atoms with Gasteiger partial charge in [0.25, 0.3) is 0 Å². The van der Waals surface area contributed by atoms with Crippen LogP contribution < -0.4 is 0 Å². The SMILES string of the molecule is CC(C)CN(Cc1ccc(C=CC(=O)O)cc1F)C(C)C. The molecule has 0 fully saturated rings. The van der Waals surface area contributed by atoms with Gasteiger partial charge in [-0.05, 0) is 37.5 Å². The van der Waals surface area contributed by atoms with Crippen molar-refractivity contribution in [1.82, 2.24) is 4.90 Å². The van der Waals surface area contributed by atoms with E-state index in [4.69, 9.17) is 5.11 Å². The van der Waals surface area contributed by atoms with Crippen LogP contribution in [0.5, 0.6) is 0 Å². The van der Waals surface area contributed by atoms with Gasteiger partial charge >= 0.3 is 5.97 Å². The molecular formula is C17H24FNO2. The molecule has 21 heavy (non-hydrogen) atoms. The first-order valence-corrected chi connectivity index (χ1v) is 7.23. The first-order valence-electron chi connectivity index (χ1n) is 7.23. The topological polar surface area (TPSA) is 40.5 Å². The number of halogens is 1. The molecule has 1 aromatic carbocycles. The van der Waals surface area contributed by atoms with E-state index in [9.17, 15) is 9.18 Å². The molecule has 116 valence electrons. The summed E-state index contributed by atoms with van der Waals surface area (Å²) in [6, 6.07) is 5.19. The van der Waals surface area contributed by atoms with E-state index in [1.165, 1.54) is 12.1 Å². The van der Waals surface area contributed by atoms with E-state index in [2.05, 4.69) is 32.6 Å². The van der Waals surface area contributed by atoms with Crippen molar-refractivity contribution >= 4 is 12.0 Å². The zero-order valence-corrected chi connectivity index (χ0v) is 13.1. The molecule has 0 saturated carbocycles. The summed E-state index contributed by atoms with van der Waals surface area (Å²) in [6.07, 6.45) is 2.40.